The molecule has 0 atom stereocenters. The van der Waals surface area contributed by atoms with Crippen molar-refractivity contribution in [3.8, 4) is 0 Å². The molecule has 1 rings (SSSR count). The van der Waals surface area contributed by atoms with E-state index in [-0.39, 0.29) is 0 Å². The molecule has 0 radical (unpaired) electrons. The molecule has 0 bridgehead atoms. The average Bonchev–Trinajstić information content (AvgIpc) is 2.08. The molecule has 0 aliphatic carbocycles. The Hall–Kier alpha value is -1.66. The van der Waals surface area contributed by atoms with Crippen LogP contribution in [0.3, 0.4) is 0 Å². The van der Waals surface area contributed by atoms with E-state index in [1.54, 1.807) is 0 Å². The van der Waals surface area contributed by atoms with Crippen LogP contribution in [0.4, 0.5) is 17.6 Å². The summed E-state index contributed by atoms with van der Waals surface area (Å²) in [6.07, 6.45) is -3.03. The van der Waals surface area contributed by atoms with Gasteiger partial charge in [0.1, 0.15) is 5.69 Å². The predicted octanol–water partition coefficient (Wildman–Crippen LogP) is 1.40. The number of halogens is 4. The molecule has 0 saturated heterocycles. The lowest BCUT2D eigenvalue weighted by molar-refractivity contribution is 0.0975. The monoisotopic (exact) mass is 208 g/mol. The van der Waals surface area contributed by atoms with Crippen LogP contribution in [-0.2, 0) is 0 Å². The summed E-state index contributed by atoms with van der Waals surface area (Å²) in [5.74, 6) is -4.69. The van der Waals surface area contributed by atoms with Gasteiger partial charge in [0.15, 0.2) is 11.6 Å². The molecule has 1 amide bonds. The number of carbonyl (C=O) groups is 1. The van der Waals surface area contributed by atoms with Gasteiger partial charge in [-0.25, -0.2) is 22.5 Å². The van der Waals surface area contributed by atoms with E-state index < -0.39 is 35.2 Å². The molecule has 0 unspecified atom stereocenters. The van der Waals surface area contributed by atoms with Gasteiger partial charge in [0, 0.05) is 0 Å². The molecule has 0 aliphatic rings. The lowest BCUT2D eigenvalue weighted by Gasteiger charge is -2.05. The zero-order chi connectivity index (χ0) is 10.9. The zero-order valence-corrected chi connectivity index (χ0v) is 6.60. The van der Waals surface area contributed by atoms with Gasteiger partial charge < -0.3 is 5.73 Å². The highest BCUT2D eigenvalue weighted by Gasteiger charge is 2.25. The molecule has 0 spiro atoms. The number of pyridine rings is 1. The van der Waals surface area contributed by atoms with Crippen molar-refractivity contribution >= 4 is 5.91 Å². The van der Waals surface area contributed by atoms with Crippen molar-refractivity contribution in [2.75, 3.05) is 0 Å². The van der Waals surface area contributed by atoms with E-state index in [1.807, 2.05) is 0 Å². The molecule has 3 nitrogen and oxygen atoms in total. The summed E-state index contributed by atoms with van der Waals surface area (Å²) in [7, 11) is 0. The van der Waals surface area contributed by atoms with Crippen molar-refractivity contribution in [1.82, 2.24) is 4.98 Å². The van der Waals surface area contributed by atoms with E-state index in [4.69, 9.17) is 0 Å². The number of alkyl halides is 2. The second-order valence-corrected chi connectivity index (χ2v) is 2.35. The Morgan fingerprint density at radius 3 is 2.43 bits per heavy atom. The van der Waals surface area contributed by atoms with Crippen molar-refractivity contribution in [3.05, 3.63) is 29.1 Å². The van der Waals surface area contributed by atoms with Crippen LogP contribution < -0.4 is 5.73 Å². The number of hydrogen-bond donors (Lipinski definition) is 1. The number of carbonyl (C=O) groups excluding carboxylic acids is 1. The maximum atomic E-state index is 12.8. The van der Waals surface area contributed by atoms with E-state index >= 15 is 0 Å². The summed E-state index contributed by atoms with van der Waals surface area (Å²) in [4.78, 5) is 13.5. The smallest absolute Gasteiger partial charge is 0.269 e. The van der Waals surface area contributed by atoms with Crippen LogP contribution >= 0.6 is 0 Å². The largest absolute Gasteiger partial charge is 0.364 e. The second-order valence-electron chi connectivity index (χ2n) is 2.35. The Morgan fingerprint density at radius 2 is 2.00 bits per heavy atom. The summed E-state index contributed by atoms with van der Waals surface area (Å²) >= 11 is 0. The van der Waals surface area contributed by atoms with Gasteiger partial charge in [-0.15, -0.1) is 0 Å². The molecule has 7 heteroatoms. The van der Waals surface area contributed by atoms with Gasteiger partial charge >= 0.3 is 0 Å². The lowest BCUT2D eigenvalue weighted by Crippen LogP contribution is -2.18. The molecule has 0 aliphatic heterocycles. The molecule has 76 valence electrons. The highest BCUT2D eigenvalue weighted by molar-refractivity contribution is 5.92. The quantitative estimate of drug-likeness (QED) is 0.746. The van der Waals surface area contributed by atoms with E-state index in [0.717, 1.165) is 0 Å². The van der Waals surface area contributed by atoms with Crippen molar-refractivity contribution in [2.45, 2.75) is 6.43 Å². The minimum absolute atomic E-state index is 0.321. The van der Waals surface area contributed by atoms with Gasteiger partial charge in [-0.05, 0) is 0 Å². The number of primary amides is 1. The predicted molar refractivity (Wildman–Crippen MR) is 37.6 cm³/mol. The minimum Gasteiger partial charge on any atom is -0.364 e. The Bertz CT molecular complexity index is 380. The van der Waals surface area contributed by atoms with Crippen LogP contribution in [0.5, 0.6) is 0 Å². The van der Waals surface area contributed by atoms with E-state index in [1.165, 1.54) is 0 Å². The molecule has 0 saturated carbocycles. The molecule has 14 heavy (non-hydrogen) atoms. The van der Waals surface area contributed by atoms with Crippen LogP contribution in [0.2, 0.25) is 0 Å². The van der Waals surface area contributed by atoms with Crippen molar-refractivity contribution in [2.24, 2.45) is 5.73 Å². The Labute approximate surface area is 75.5 Å². The summed E-state index contributed by atoms with van der Waals surface area (Å²) in [5, 5.41) is 0. The van der Waals surface area contributed by atoms with Gasteiger partial charge in [-0.2, -0.15) is 0 Å². The first kappa shape index (κ1) is 10.4. The minimum atomic E-state index is -3.35. The zero-order valence-electron chi connectivity index (χ0n) is 6.60. The second kappa shape index (κ2) is 3.60. The highest BCUT2D eigenvalue weighted by Crippen LogP contribution is 2.25. The van der Waals surface area contributed by atoms with Gasteiger partial charge in [0.2, 0.25) is 0 Å². The van der Waals surface area contributed by atoms with Gasteiger partial charge in [0.25, 0.3) is 12.3 Å². The fraction of sp³-hybridized carbons (Fsp3) is 0.143. The third-order valence-corrected chi connectivity index (χ3v) is 1.46. The summed E-state index contributed by atoms with van der Waals surface area (Å²) < 4.78 is 49.6. The van der Waals surface area contributed by atoms with E-state index in [0.29, 0.717) is 6.20 Å². The van der Waals surface area contributed by atoms with Crippen molar-refractivity contribution < 1.29 is 22.4 Å². The maximum Gasteiger partial charge on any atom is 0.269 e. The highest BCUT2D eigenvalue weighted by atomic mass is 19.3. The van der Waals surface area contributed by atoms with Gasteiger partial charge in [-0.1, -0.05) is 0 Å². The van der Waals surface area contributed by atoms with Crippen LogP contribution in [0.25, 0.3) is 0 Å². The maximum absolute atomic E-state index is 12.8. The number of nitrogens with two attached hydrogens (primary N) is 1. The Kier molecular flexibility index (Phi) is 2.68. The lowest BCUT2D eigenvalue weighted by atomic mass is 10.2. The fourth-order valence-corrected chi connectivity index (χ4v) is 0.876. The summed E-state index contributed by atoms with van der Waals surface area (Å²) in [6, 6.07) is 0. The first-order valence-electron chi connectivity index (χ1n) is 3.37. The summed E-state index contributed by atoms with van der Waals surface area (Å²) in [5.41, 5.74) is 2.28. The van der Waals surface area contributed by atoms with Crippen LogP contribution in [0, 0.1) is 11.6 Å². The van der Waals surface area contributed by atoms with E-state index in [9.17, 15) is 22.4 Å². The molecular formula is C7H4F4N2O. The van der Waals surface area contributed by atoms with E-state index in [2.05, 4.69) is 10.7 Å². The molecule has 1 aromatic rings. The normalized spacial score (nSPS) is 10.6. The van der Waals surface area contributed by atoms with Gasteiger partial charge in [-0.3, -0.25) is 4.79 Å². The SMILES string of the molecule is NC(=O)c1ncc(F)c(F)c1C(F)F. The third-order valence-electron chi connectivity index (χ3n) is 1.46. The number of hydrogen-bond acceptors (Lipinski definition) is 2. The molecule has 2 N–H and O–H groups in total. The topological polar surface area (TPSA) is 56.0 Å². The third kappa shape index (κ3) is 1.66. The van der Waals surface area contributed by atoms with Crippen LogP contribution in [-0.4, -0.2) is 10.9 Å². The standard InChI is InChI=1S/C7H4F4N2O/c8-2-1-13-5(7(12)14)3(4(2)9)6(10)11/h1,6H,(H2,12,14). The van der Waals surface area contributed by atoms with Crippen LogP contribution in [0.15, 0.2) is 6.20 Å². The number of nitrogens with zero attached hydrogens (tertiary/aromatic N) is 1. The number of amides is 1. The first-order valence-corrected chi connectivity index (χ1v) is 3.37. The number of aromatic nitrogens is 1. The molecule has 0 aromatic carbocycles. The Morgan fingerprint density at radius 1 is 1.43 bits per heavy atom. The fourth-order valence-electron chi connectivity index (χ4n) is 0.876. The first-order chi connectivity index (χ1) is 6.45. The van der Waals surface area contributed by atoms with Crippen molar-refractivity contribution in [1.29, 1.82) is 0 Å². The number of rotatable bonds is 2. The van der Waals surface area contributed by atoms with Crippen molar-refractivity contribution in [3.63, 3.8) is 0 Å². The molecule has 0 fully saturated rings. The molecule has 1 aromatic heterocycles. The Balaban J connectivity index is 3.45. The summed E-state index contributed by atoms with van der Waals surface area (Å²) in [6.45, 7) is 0. The molecular weight excluding hydrogens is 204 g/mol. The van der Waals surface area contributed by atoms with Gasteiger partial charge in [0.05, 0.1) is 11.8 Å². The van der Waals surface area contributed by atoms with Crippen LogP contribution in [0.1, 0.15) is 22.5 Å². The molecule has 1 heterocycles. The average molecular weight is 208 g/mol.